The number of Topliss-reactive ketones (excluding diaryl/α,β-unsaturated/α-hetero) is 1. The second-order valence-corrected chi connectivity index (χ2v) is 7.61. The normalized spacial score (nSPS) is 22.6. The predicted molar refractivity (Wildman–Crippen MR) is 74.3 cm³/mol. The first-order valence-corrected chi connectivity index (χ1v) is 8.23. The van der Waals surface area contributed by atoms with Crippen LogP contribution in [0.4, 0.5) is 5.69 Å². The molecule has 4 nitrogen and oxygen atoms in total. The molecule has 1 atom stereocenters. The summed E-state index contributed by atoms with van der Waals surface area (Å²) in [5.74, 6) is -0.225. The van der Waals surface area contributed by atoms with Crippen molar-refractivity contribution >= 4 is 37.2 Å². The molecule has 2 rings (SSSR count). The zero-order chi connectivity index (χ0) is 13.3. The zero-order valence-electron chi connectivity index (χ0n) is 9.73. The van der Waals surface area contributed by atoms with Crippen LogP contribution in [0.5, 0.6) is 0 Å². The lowest BCUT2D eigenvalue weighted by molar-refractivity contribution is 0.0981. The minimum Gasteiger partial charge on any atom is -0.399 e. The smallest absolute Gasteiger partial charge is 0.182 e. The van der Waals surface area contributed by atoms with Gasteiger partial charge in [-0.1, -0.05) is 6.42 Å². The van der Waals surface area contributed by atoms with Crippen LogP contribution in [0.3, 0.4) is 0 Å². The molecule has 0 aromatic heterocycles. The first-order valence-electron chi connectivity index (χ1n) is 5.72. The van der Waals surface area contributed by atoms with Gasteiger partial charge in [0.15, 0.2) is 15.6 Å². The van der Waals surface area contributed by atoms with Gasteiger partial charge >= 0.3 is 0 Å². The number of sulfone groups is 1. The van der Waals surface area contributed by atoms with Crippen molar-refractivity contribution in [3.8, 4) is 0 Å². The summed E-state index contributed by atoms with van der Waals surface area (Å²) in [5, 5.41) is -0.897. The van der Waals surface area contributed by atoms with Crippen LogP contribution in [0.15, 0.2) is 22.7 Å². The molecular formula is C12H14BrNO3S. The van der Waals surface area contributed by atoms with Gasteiger partial charge in [0, 0.05) is 15.7 Å². The Labute approximate surface area is 115 Å². The van der Waals surface area contributed by atoms with E-state index in [1.54, 1.807) is 18.2 Å². The fourth-order valence-corrected chi connectivity index (χ4v) is 4.62. The van der Waals surface area contributed by atoms with E-state index in [4.69, 9.17) is 5.73 Å². The van der Waals surface area contributed by atoms with Gasteiger partial charge in [-0.15, -0.1) is 0 Å². The van der Waals surface area contributed by atoms with Crippen LogP contribution < -0.4 is 5.73 Å². The van der Waals surface area contributed by atoms with E-state index in [9.17, 15) is 13.2 Å². The van der Waals surface area contributed by atoms with Gasteiger partial charge in [-0.05, 0) is 47.0 Å². The summed E-state index contributed by atoms with van der Waals surface area (Å²) in [7, 11) is -3.30. The molecule has 0 aliphatic carbocycles. The SMILES string of the molecule is Nc1ccc(C(=O)C2CCCCS2(=O)=O)c(Br)c1. The Morgan fingerprint density at radius 2 is 2.06 bits per heavy atom. The molecule has 0 radical (unpaired) electrons. The number of carbonyl (C=O) groups excluding carboxylic acids is 1. The average molecular weight is 332 g/mol. The summed E-state index contributed by atoms with van der Waals surface area (Å²) in [4.78, 5) is 12.3. The number of carbonyl (C=O) groups is 1. The molecule has 0 bridgehead atoms. The van der Waals surface area contributed by atoms with Gasteiger partial charge in [0.05, 0.1) is 5.75 Å². The molecular weight excluding hydrogens is 318 g/mol. The van der Waals surface area contributed by atoms with Crippen molar-refractivity contribution in [3.63, 3.8) is 0 Å². The Bertz CT molecular complexity index is 583. The van der Waals surface area contributed by atoms with Gasteiger partial charge in [-0.2, -0.15) is 0 Å². The van der Waals surface area contributed by atoms with E-state index in [0.717, 1.165) is 6.42 Å². The molecule has 1 aliphatic rings. The number of halogens is 1. The molecule has 1 aromatic carbocycles. The Morgan fingerprint density at radius 1 is 1.33 bits per heavy atom. The summed E-state index contributed by atoms with van der Waals surface area (Å²) in [6.07, 6.45) is 1.84. The highest BCUT2D eigenvalue weighted by Gasteiger charge is 2.35. The molecule has 2 N–H and O–H groups in total. The fourth-order valence-electron chi connectivity index (χ4n) is 2.15. The first-order chi connectivity index (χ1) is 8.42. The lowest BCUT2D eigenvalue weighted by Crippen LogP contribution is -2.35. The van der Waals surface area contributed by atoms with Crippen LogP contribution in [0.1, 0.15) is 29.6 Å². The highest BCUT2D eigenvalue weighted by molar-refractivity contribution is 9.10. The number of nitrogens with two attached hydrogens (primary N) is 1. The van der Waals surface area contributed by atoms with Gasteiger partial charge in [0.2, 0.25) is 0 Å². The van der Waals surface area contributed by atoms with Crippen molar-refractivity contribution in [3.05, 3.63) is 28.2 Å². The summed E-state index contributed by atoms with van der Waals surface area (Å²) in [6, 6.07) is 4.79. The number of nitrogen functional groups attached to an aromatic ring is 1. The maximum absolute atomic E-state index is 12.3. The van der Waals surface area contributed by atoms with Crippen LogP contribution in [-0.4, -0.2) is 25.2 Å². The van der Waals surface area contributed by atoms with Crippen molar-refractivity contribution in [1.29, 1.82) is 0 Å². The number of rotatable bonds is 2. The zero-order valence-corrected chi connectivity index (χ0v) is 12.1. The largest absolute Gasteiger partial charge is 0.399 e. The van der Waals surface area contributed by atoms with Crippen molar-refractivity contribution < 1.29 is 13.2 Å². The van der Waals surface area contributed by atoms with E-state index in [1.165, 1.54) is 0 Å². The van der Waals surface area contributed by atoms with E-state index >= 15 is 0 Å². The number of hydrogen-bond donors (Lipinski definition) is 1. The van der Waals surface area contributed by atoms with E-state index in [-0.39, 0.29) is 11.5 Å². The molecule has 1 aliphatic heterocycles. The Balaban J connectivity index is 2.36. The lowest BCUT2D eigenvalue weighted by atomic mass is 10.0. The van der Waals surface area contributed by atoms with Crippen molar-refractivity contribution in [2.45, 2.75) is 24.5 Å². The molecule has 0 amide bonds. The number of benzene rings is 1. The number of anilines is 1. The van der Waals surface area contributed by atoms with Crippen molar-refractivity contribution in [2.24, 2.45) is 0 Å². The molecule has 1 fully saturated rings. The minimum atomic E-state index is -3.30. The van der Waals surface area contributed by atoms with Gasteiger partial charge in [0.25, 0.3) is 0 Å². The van der Waals surface area contributed by atoms with E-state index in [1.807, 2.05) is 0 Å². The Morgan fingerprint density at radius 3 is 2.67 bits per heavy atom. The van der Waals surface area contributed by atoms with Crippen LogP contribution in [-0.2, 0) is 9.84 Å². The van der Waals surface area contributed by atoms with Crippen LogP contribution in [0.25, 0.3) is 0 Å². The molecule has 0 saturated carbocycles. The maximum atomic E-state index is 12.3. The van der Waals surface area contributed by atoms with Gasteiger partial charge in [-0.25, -0.2) is 8.42 Å². The standard InChI is InChI=1S/C12H14BrNO3S/c13-10-7-8(14)4-5-9(10)12(15)11-3-1-2-6-18(11,16)17/h4-5,7,11H,1-3,6,14H2. The van der Waals surface area contributed by atoms with Crippen molar-refractivity contribution in [2.75, 3.05) is 11.5 Å². The van der Waals surface area contributed by atoms with Crippen LogP contribution in [0.2, 0.25) is 0 Å². The minimum absolute atomic E-state index is 0.107. The monoisotopic (exact) mass is 331 g/mol. The van der Waals surface area contributed by atoms with Crippen LogP contribution >= 0.6 is 15.9 Å². The Kier molecular flexibility index (Phi) is 3.77. The topological polar surface area (TPSA) is 77.2 Å². The second kappa shape index (κ2) is 5.01. The third-order valence-electron chi connectivity index (χ3n) is 3.13. The number of ketones is 1. The van der Waals surface area contributed by atoms with E-state index in [2.05, 4.69) is 15.9 Å². The van der Waals surface area contributed by atoms with Crippen LogP contribution in [0, 0.1) is 0 Å². The number of hydrogen-bond acceptors (Lipinski definition) is 4. The molecule has 18 heavy (non-hydrogen) atoms. The average Bonchev–Trinajstić information content (AvgIpc) is 2.27. The molecule has 0 spiro atoms. The first kappa shape index (κ1) is 13.5. The molecule has 1 heterocycles. The van der Waals surface area contributed by atoms with Crippen molar-refractivity contribution in [1.82, 2.24) is 0 Å². The summed E-state index contributed by atoms with van der Waals surface area (Å²) in [6.45, 7) is 0. The highest BCUT2D eigenvalue weighted by atomic mass is 79.9. The van der Waals surface area contributed by atoms with Gasteiger partial charge < -0.3 is 5.73 Å². The summed E-state index contributed by atoms with van der Waals surface area (Å²) < 4.78 is 24.4. The summed E-state index contributed by atoms with van der Waals surface area (Å²) >= 11 is 3.26. The highest BCUT2D eigenvalue weighted by Crippen LogP contribution is 2.27. The van der Waals surface area contributed by atoms with Gasteiger partial charge in [-0.3, -0.25) is 4.79 Å². The Hall–Kier alpha value is -0.880. The second-order valence-electron chi connectivity index (χ2n) is 4.45. The molecule has 1 aromatic rings. The fraction of sp³-hybridized carbons (Fsp3) is 0.417. The van der Waals surface area contributed by atoms with E-state index in [0.29, 0.717) is 28.6 Å². The third kappa shape index (κ3) is 2.59. The van der Waals surface area contributed by atoms with Gasteiger partial charge in [0.1, 0.15) is 5.25 Å². The third-order valence-corrected chi connectivity index (χ3v) is 5.96. The predicted octanol–water partition coefficient (Wildman–Crippen LogP) is 2.18. The molecule has 1 saturated heterocycles. The maximum Gasteiger partial charge on any atom is 0.182 e. The summed E-state index contributed by atoms with van der Waals surface area (Å²) in [5.41, 5.74) is 6.52. The molecule has 1 unspecified atom stereocenters. The molecule has 98 valence electrons. The lowest BCUT2D eigenvalue weighted by Gasteiger charge is -2.21. The quantitative estimate of drug-likeness (QED) is 0.665. The van der Waals surface area contributed by atoms with E-state index < -0.39 is 15.1 Å². The molecule has 6 heteroatoms.